The minimum Gasteiger partial charge on any atom is -0.311 e. The topological polar surface area (TPSA) is 15.3 Å². The first kappa shape index (κ1) is 15.2. The largest absolute Gasteiger partial charge is 0.311 e. The van der Waals surface area contributed by atoms with Crippen molar-refractivity contribution < 1.29 is 0 Å². The van der Waals surface area contributed by atoms with Gasteiger partial charge >= 0.3 is 0 Å². The molecule has 0 spiro atoms. The van der Waals surface area contributed by atoms with E-state index < -0.39 is 0 Å². The molecule has 0 aliphatic heterocycles. The van der Waals surface area contributed by atoms with E-state index in [1.54, 1.807) is 0 Å². The van der Waals surface area contributed by atoms with E-state index in [-0.39, 0.29) is 5.54 Å². The second-order valence-electron chi connectivity index (χ2n) is 6.08. The summed E-state index contributed by atoms with van der Waals surface area (Å²) in [5.74, 6) is 0. The zero-order valence-electron chi connectivity index (χ0n) is 12.6. The molecular weight excluding hydrogens is 220 g/mol. The van der Waals surface area contributed by atoms with Crippen molar-refractivity contribution in [1.29, 1.82) is 0 Å². The Balaban J connectivity index is 2.32. The summed E-state index contributed by atoms with van der Waals surface area (Å²) in [6.07, 6.45) is 1.12. The maximum atomic E-state index is 3.52. The molecule has 0 aromatic heterocycles. The molecule has 102 valence electrons. The van der Waals surface area contributed by atoms with E-state index in [4.69, 9.17) is 0 Å². The van der Waals surface area contributed by atoms with Crippen molar-refractivity contribution >= 4 is 0 Å². The van der Waals surface area contributed by atoms with Gasteiger partial charge in [0.1, 0.15) is 0 Å². The summed E-state index contributed by atoms with van der Waals surface area (Å²) in [4.78, 5) is 2.36. The van der Waals surface area contributed by atoms with Crippen LogP contribution in [0.1, 0.15) is 38.8 Å². The number of rotatable bonds is 6. The van der Waals surface area contributed by atoms with Gasteiger partial charge in [-0.05, 0) is 45.4 Å². The molecule has 1 aromatic rings. The lowest BCUT2D eigenvalue weighted by molar-refractivity contribution is 0.303. The molecule has 0 amide bonds. The van der Waals surface area contributed by atoms with Crippen LogP contribution in [0.15, 0.2) is 24.3 Å². The second kappa shape index (κ2) is 6.91. The van der Waals surface area contributed by atoms with Crippen LogP contribution in [0.5, 0.6) is 0 Å². The predicted octanol–water partition coefficient (Wildman–Crippen LogP) is 3.07. The van der Waals surface area contributed by atoms with E-state index in [0.717, 1.165) is 26.1 Å². The van der Waals surface area contributed by atoms with Crippen molar-refractivity contribution in [2.45, 2.75) is 46.2 Å². The Kier molecular flexibility index (Phi) is 5.83. The second-order valence-corrected chi connectivity index (χ2v) is 6.08. The van der Waals surface area contributed by atoms with Crippen LogP contribution in [-0.2, 0) is 13.0 Å². The highest BCUT2D eigenvalue weighted by atomic mass is 15.1. The molecule has 0 saturated carbocycles. The van der Waals surface area contributed by atoms with Crippen molar-refractivity contribution in [3.63, 3.8) is 0 Å². The standard InChI is InChI=1S/C16H28N2/c1-6-14-7-9-15(10-8-14)13-18(5)12-11-17-16(2,3)4/h7-10,17H,6,11-13H2,1-5H3. The van der Waals surface area contributed by atoms with E-state index in [1.807, 2.05) is 0 Å². The molecular formula is C16H28N2. The van der Waals surface area contributed by atoms with E-state index in [9.17, 15) is 0 Å². The van der Waals surface area contributed by atoms with Crippen LogP contribution in [0, 0.1) is 0 Å². The number of benzene rings is 1. The molecule has 0 radical (unpaired) electrons. The quantitative estimate of drug-likeness (QED) is 0.832. The fourth-order valence-corrected chi connectivity index (χ4v) is 1.89. The minimum absolute atomic E-state index is 0.212. The van der Waals surface area contributed by atoms with Crippen LogP contribution in [0.4, 0.5) is 0 Å². The summed E-state index contributed by atoms with van der Waals surface area (Å²) >= 11 is 0. The molecule has 0 bridgehead atoms. The Hall–Kier alpha value is -0.860. The van der Waals surface area contributed by atoms with Crippen LogP contribution >= 0.6 is 0 Å². The molecule has 0 heterocycles. The third-order valence-electron chi connectivity index (χ3n) is 3.03. The molecule has 2 nitrogen and oxygen atoms in total. The Bertz CT molecular complexity index is 335. The van der Waals surface area contributed by atoms with E-state index in [1.165, 1.54) is 11.1 Å². The fourth-order valence-electron chi connectivity index (χ4n) is 1.89. The molecule has 0 unspecified atom stereocenters. The Labute approximate surface area is 112 Å². The van der Waals surface area contributed by atoms with Crippen LogP contribution in [0.2, 0.25) is 0 Å². The van der Waals surface area contributed by atoms with Gasteiger partial charge in [0.25, 0.3) is 0 Å². The number of nitrogens with one attached hydrogen (secondary N) is 1. The highest BCUT2D eigenvalue weighted by molar-refractivity contribution is 5.22. The van der Waals surface area contributed by atoms with Gasteiger partial charge < -0.3 is 10.2 Å². The maximum absolute atomic E-state index is 3.52. The van der Waals surface area contributed by atoms with E-state index in [0.29, 0.717) is 0 Å². The van der Waals surface area contributed by atoms with Gasteiger partial charge in [-0.1, -0.05) is 31.2 Å². The molecule has 0 aliphatic rings. The highest BCUT2D eigenvalue weighted by Gasteiger charge is 2.08. The van der Waals surface area contributed by atoms with Crippen LogP contribution < -0.4 is 5.32 Å². The zero-order valence-corrected chi connectivity index (χ0v) is 12.6. The smallest absolute Gasteiger partial charge is 0.0231 e. The predicted molar refractivity (Wildman–Crippen MR) is 79.9 cm³/mol. The Morgan fingerprint density at radius 1 is 1.06 bits per heavy atom. The van der Waals surface area contributed by atoms with Crippen molar-refractivity contribution in [2.75, 3.05) is 20.1 Å². The average Bonchev–Trinajstić information content (AvgIpc) is 2.28. The third kappa shape index (κ3) is 6.18. The molecule has 0 saturated heterocycles. The van der Waals surface area contributed by atoms with Crippen molar-refractivity contribution in [1.82, 2.24) is 10.2 Å². The van der Waals surface area contributed by atoms with Crippen molar-refractivity contribution in [3.8, 4) is 0 Å². The summed E-state index contributed by atoms with van der Waals surface area (Å²) < 4.78 is 0. The van der Waals surface area contributed by atoms with Gasteiger partial charge in [0, 0.05) is 25.2 Å². The maximum Gasteiger partial charge on any atom is 0.0231 e. The fraction of sp³-hybridized carbons (Fsp3) is 0.625. The first-order chi connectivity index (χ1) is 8.40. The normalized spacial score (nSPS) is 12.1. The lowest BCUT2D eigenvalue weighted by Gasteiger charge is -2.23. The third-order valence-corrected chi connectivity index (χ3v) is 3.03. The number of aryl methyl sites for hydroxylation is 1. The number of likely N-dealkylation sites (N-methyl/N-ethyl adjacent to an activating group) is 1. The van der Waals surface area contributed by atoms with Crippen LogP contribution in [0.25, 0.3) is 0 Å². The highest BCUT2D eigenvalue weighted by Crippen LogP contribution is 2.07. The summed E-state index contributed by atoms with van der Waals surface area (Å²) in [6.45, 7) is 11.9. The minimum atomic E-state index is 0.212. The zero-order chi connectivity index (χ0) is 13.6. The van der Waals surface area contributed by atoms with Crippen LogP contribution in [0.3, 0.4) is 0 Å². The molecule has 1 N–H and O–H groups in total. The number of hydrogen-bond donors (Lipinski definition) is 1. The molecule has 0 fully saturated rings. The lowest BCUT2D eigenvalue weighted by Crippen LogP contribution is -2.40. The van der Waals surface area contributed by atoms with Crippen LogP contribution in [-0.4, -0.2) is 30.6 Å². The van der Waals surface area contributed by atoms with Gasteiger partial charge in [-0.15, -0.1) is 0 Å². The molecule has 1 rings (SSSR count). The molecule has 18 heavy (non-hydrogen) atoms. The van der Waals surface area contributed by atoms with Crippen molar-refractivity contribution in [2.24, 2.45) is 0 Å². The van der Waals surface area contributed by atoms with Gasteiger partial charge in [-0.3, -0.25) is 0 Å². The van der Waals surface area contributed by atoms with Gasteiger partial charge in [-0.2, -0.15) is 0 Å². The average molecular weight is 248 g/mol. The van der Waals surface area contributed by atoms with Gasteiger partial charge in [-0.25, -0.2) is 0 Å². The summed E-state index contributed by atoms with van der Waals surface area (Å²) in [5.41, 5.74) is 3.02. The molecule has 0 aliphatic carbocycles. The monoisotopic (exact) mass is 248 g/mol. The Morgan fingerprint density at radius 2 is 1.61 bits per heavy atom. The Morgan fingerprint density at radius 3 is 2.11 bits per heavy atom. The summed E-state index contributed by atoms with van der Waals surface area (Å²) in [7, 11) is 2.18. The first-order valence-electron chi connectivity index (χ1n) is 6.92. The summed E-state index contributed by atoms with van der Waals surface area (Å²) in [6, 6.07) is 8.95. The van der Waals surface area contributed by atoms with Gasteiger partial charge in [0.2, 0.25) is 0 Å². The van der Waals surface area contributed by atoms with Gasteiger partial charge in [0.15, 0.2) is 0 Å². The molecule has 2 heteroatoms. The lowest BCUT2D eigenvalue weighted by atomic mass is 10.1. The SMILES string of the molecule is CCc1ccc(CN(C)CCNC(C)(C)C)cc1. The van der Waals surface area contributed by atoms with E-state index in [2.05, 4.69) is 69.2 Å². The van der Waals surface area contributed by atoms with Gasteiger partial charge in [0.05, 0.1) is 0 Å². The first-order valence-corrected chi connectivity index (χ1v) is 6.92. The van der Waals surface area contributed by atoms with E-state index >= 15 is 0 Å². The molecule has 0 atom stereocenters. The number of nitrogens with zero attached hydrogens (tertiary/aromatic N) is 1. The number of hydrogen-bond acceptors (Lipinski definition) is 2. The summed E-state index contributed by atoms with van der Waals surface area (Å²) in [5, 5.41) is 3.52. The van der Waals surface area contributed by atoms with Crippen molar-refractivity contribution in [3.05, 3.63) is 35.4 Å². The molecule has 1 aromatic carbocycles.